The molecular formula is C41H78N4O4. The second kappa shape index (κ2) is 13.2. The Morgan fingerprint density at radius 2 is 0.490 bits per heavy atom. The van der Waals surface area contributed by atoms with Crippen LogP contribution in [-0.4, -0.2) is 93.1 Å². The van der Waals surface area contributed by atoms with E-state index in [9.17, 15) is 0 Å². The van der Waals surface area contributed by atoms with E-state index in [1.54, 1.807) is 0 Å². The van der Waals surface area contributed by atoms with Crippen LogP contribution in [0, 0.1) is 0 Å². The molecule has 0 aromatic heterocycles. The summed E-state index contributed by atoms with van der Waals surface area (Å²) in [6, 6.07) is 0. The molecule has 1 saturated carbocycles. The van der Waals surface area contributed by atoms with Crippen molar-refractivity contribution in [1.29, 1.82) is 0 Å². The van der Waals surface area contributed by atoms with Gasteiger partial charge in [-0.05, 0) is 162 Å². The first-order chi connectivity index (χ1) is 22.0. The van der Waals surface area contributed by atoms with E-state index in [-0.39, 0.29) is 93.1 Å². The highest BCUT2D eigenvalue weighted by Gasteiger charge is 2.54. The van der Waals surface area contributed by atoms with E-state index >= 15 is 0 Å². The van der Waals surface area contributed by atoms with Crippen molar-refractivity contribution in [3.05, 3.63) is 0 Å². The van der Waals surface area contributed by atoms with Gasteiger partial charge in [-0.2, -0.15) is 0 Å². The van der Waals surface area contributed by atoms with E-state index < -0.39 is 0 Å². The van der Waals surface area contributed by atoms with Gasteiger partial charge in [0, 0.05) is 50.7 Å². The van der Waals surface area contributed by atoms with Crippen LogP contribution in [0.4, 0.5) is 0 Å². The maximum atomic E-state index is 7.43. The van der Waals surface area contributed by atoms with Gasteiger partial charge in [0.1, 0.15) is 12.2 Å². The van der Waals surface area contributed by atoms with Gasteiger partial charge in [0.15, 0.2) is 0 Å². The quantitative estimate of drug-likeness (QED) is 0.214. The van der Waals surface area contributed by atoms with Gasteiger partial charge in [0.2, 0.25) is 0 Å². The third kappa shape index (κ3) is 10.9. The summed E-state index contributed by atoms with van der Waals surface area (Å²) in [7, 11) is 0. The molecule has 0 radical (unpaired) electrons. The Balaban J connectivity index is 1.49. The summed E-state index contributed by atoms with van der Waals surface area (Å²) >= 11 is 0. The normalized spacial score (nSPS) is 37.2. The first-order valence-corrected chi connectivity index (χ1v) is 19.8. The highest BCUT2D eigenvalue weighted by Crippen LogP contribution is 2.43. The highest BCUT2D eigenvalue weighted by molar-refractivity contribution is 5.06. The van der Waals surface area contributed by atoms with Crippen molar-refractivity contribution < 1.29 is 18.9 Å². The second-order valence-electron chi connectivity index (χ2n) is 22.5. The lowest BCUT2D eigenvalue weighted by Gasteiger charge is -2.49. The van der Waals surface area contributed by atoms with Crippen molar-refractivity contribution in [1.82, 2.24) is 21.3 Å². The van der Waals surface area contributed by atoms with Crippen molar-refractivity contribution in [3.8, 4) is 0 Å². The van der Waals surface area contributed by atoms with Gasteiger partial charge < -0.3 is 40.2 Å². The van der Waals surface area contributed by atoms with Crippen LogP contribution in [0.2, 0.25) is 0 Å². The fraction of sp³-hybridized carbons (Fsp3) is 1.00. The van der Waals surface area contributed by atoms with Gasteiger partial charge >= 0.3 is 0 Å². The lowest BCUT2D eigenvalue weighted by molar-refractivity contribution is -0.199. The maximum absolute atomic E-state index is 7.43. The Bertz CT molecular complexity index is 1010. The molecular weight excluding hydrogens is 612 g/mol. The van der Waals surface area contributed by atoms with Gasteiger partial charge in [0.25, 0.3) is 0 Å². The number of piperidine rings is 4. The number of hydrogen-bond donors (Lipinski definition) is 4. The molecule has 5 rings (SSSR count). The fourth-order valence-electron chi connectivity index (χ4n) is 11.8. The third-order valence-electron chi connectivity index (χ3n) is 11.6. The minimum Gasteiger partial charge on any atom is -0.372 e. The second-order valence-corrected chi connectivity index (χ2v) is 22.5. The lowest BCUT2D eigenvalue weighted by atomic mass is 9.80. The molecule has 5 fully saturated rings. The lowest BCUT2D eigenvalue weighted by Crippen LogP contribution is -2.62. The number of rotatable bonds is 8. The van der Waals surface area contributed by atoms with E-state index in [1.807, 2.05) is 0 Å². The number of ether oxygens (including phenoxy) is 4. The minimum atomic E-state index is -0.204. The molecule has 4 heterocycles. The molecule has 4 atom stereocenters. The summed E-state index contributed by atoms with van der Waals surface area (Å²) in [5.74, 6) is 0. The van der Waals surface area contributed by atoms with Crippen molar-refractivity contribution in [2.75, 3.05) is 0 Å². The van der Waals surface area contributed by atoms with E-state index in [0.717, 1.165) is 57.8 Å². The van der Waals surface area contributed by atoms with Crippen LogP contribution in [-0.2, 0) is 18.9 Å². The SMILES string of the molecule is CC1(C)CC(OC2CC(OC3CC(C)(C)NC(C)(C)C3)C(OC3CC(C)(C)NC(C)(C)C3)C2OC2CC(C)(C)NC(C)(C)C2)CC(C)(C)N1. The largest absolute Gasteiger partial charge is 0.372 e. The first kappa shape index (κ1) is 39.9. The molecule has 5 aliphatic rings. The van der Waals surface area contributed by atoms with Crippen molar-refractivity contribution in [3.63, 3.8) is 0 Å². The zero-order valence-electron chi connectivity index (χ0n) is 34.6. The van der Waals surface area contributed by atoms with E-state index in [0.29, 0.717) is 0 Å². The molecule has 8 heteroatoms. The van der Waals surface area contributed by atoms with Gasteiger partial charge in [0.05, 0.1) is 36.6 Å². The predicted molar refractivity (Wildman–Crippen MR) is 201 cm³/mol. The molecule has 286 valence electrons. The molecule has 0 bridgehead atoms. The molecule has 4 N–H and O–H groups in total. The van der Waals surface area contributed by atoms with E-state index in [1.165, 1.54) is 0 Å². The van der Waals surface area contributed by atoms with Crippen LogP contribution in [0.15, 0.2) is 0 Å². The zero-order chi connectivity index (χ0) is 36.6. The molecule has 0 aromatic carbocycles. The summed E-state index contributed by atoms with van der Waals surface area (Å²) in [6.45, 7) is 37.0. The van der Waals surface area contributed by atoms with Crippen LogP contribution >= 0.6 is 0 Å². The zero-order valence-corrected chi connectivity index (χ0v) is 34.6. The Kier molecular flexibility index (Phi) is 10.8. The molecule has 0 spiro atoms. The van der Waals surface area contributed by atoms with Crippen molar-refractivity contribution in [2.24, 2.45) is 0 Å². The van der Waals surface area contributed by atoms with Crippen molar-refractivity contribution in [2.45, 2.75) is 262 Å². The van der Waals surface area contributed by atoms with Crippen molar-refractivity contribution >= 4 is 0 Å². The highest BCUT2D eigenvalue weighted by atomic mass is 16.6. The molecule has 4 aliphatic heterocycles. The van der Waals surface area contributed by atoms with Crippen LogP contribution in [0.3, 0.4) is 0 Å². The first-order valence-electron chi connectivity index (χ1n) is 19.8. The smallest absolute Gasteiger partial charge is 0.113 e. The van der Waals surface area contributed by atoms with Gasteiger partial charge in [-0.1, -0.05) is 0 Å². The molecule has 0 amide bonds. The summed E-state index contributed by atoms with van der Waals surface area (Å²) in [6.07, 6.45) is 8.35. The molecule has 8 nitrogen and oxygen atoms in total. The third-order valence-corrected chi connectivity index (χ3v) is 11.6. The van der Waals surface area contributed by atoms with Crippen LogP contribution < -0.4 is 21.3 Å². The minimum absolute atomic E-state index is 0.00517. The monoisotopic (exact) mass is 691 g/mol. The summed E-state index contributed by atoms with van der Waals surface area (Å²) in [5, 5.41) is 15.5. The topological polar surface area (TPSA) is 85.0 Å². The Hall–Kier alpha value is -0.320. The number of nitrogens with one attached hydrogen (secondary N) is 4. The molecule has 4 unspecified atom stereocenters. The predicted octanol–water partition coefficient (Wildman–Crippen LogP) is 7.17. The Morgan fingerprint density at radius 1 is 0.306 bits per heavy atom. The Morgan fingerprint density at radius 3 is 0.694 bits per heavy atom. The molecule has 4 saturated heterocycles. The molecule has 0 aromatic rings. The summed E-state index contributed by atoms with van der Waals surface area (Å²) in [5.41, 5.74) is -0.108. The van der Waals surface area contributed by atoms with Gasteiger partial charge in [-0.25, -0.2) is 0 Å². The summed E-state index contributed by atoms with van der Waals surface area (Å²) < 4.78 is 29.5. The van der Waals surface area contributed by atoms with Crippen LogP contribution in [0.25, 0.3) is 0 Å². The average molecular weight is 691 g/mol. The summed E-state index contributed by atoms with van der Waals surface area (Å²) in [4.78, 5) is 0. The fourth-order valence-corrected chi connectivity index (χ4v) is 11.8. The van der Waals surface area contributed by atoms with Gasteiger partial charge in [-0.3, -0.25) is 0 Å². The van der Waals surface area contributed by atoms with Crippen LogP contribution in [0.1, 0.15) is 169 Å². The van der Waals surface area contributed by atoms with Crippen LogP contribution in [0.5, 0.6) is 0 Å². The maximum Gasteiger partial charge on any atom is 0.113 e. The molecule has 1 aliphatic carbocycles. The van der Waals surface area contributed by atoms with E-state index in [2.05, 4.69) is 132 Å². The number of hydrogen-bond acceptors (Lipinski definition) is 8. The van der Waals surface area contributed by atoms with Gasteiger partial charge in [-0.15, -0.1) is 0 Å². The average Bonchev–Trinajstić information content (AvgIpc) is 3.05. The standard InChI is InChI=1S/C41H78N4O4/c1-34(2)18-26(19-35(3,4)42-34)46-30-17-31(47-27-20-36(5,6)43-37(7,8)21-27)33(49-29-24-40(13,14)45-41(15,16)25-29)32(30)48-28-22-38(9,10)44-39(11,12)23-28/h26-33,42-45H,17-25H2,1-16H3. The molecule has 49 heavy (non-hydrogen) atoms. The Labute approximate surface area is 301 Å². The van der Waals surface area contributed by atoms with E-state index in [4.69, 9.17) is 18.9 Å².